The molecule has 0 aliphatic carbocycles. The fraction of sp³-hybridized carbons (Fsp3) is 0.111. The molecule has 0 atom stereocenters. The highest BCUT2D eigenvalue weighted by Gasteiger charge is 2.19. The second-order valence-electron chi connectivity index (χ2n) is 3.42. The van der Waals surface area contributed by atoms with Crippen LogP contribution in [0.25, 0.3) is 0 Å². The lowest BCUT2D eigenvalue weighted by atomic mass is 10.4. The van der Waals surface area contributed by atoms with Crippen molar-refractivity contribution in [2.75, 3.05) is 4.72 Å². The quantitative estimate of drug-likeness (QED) is 0.835. The first kappa shape index (κ1) is 13.5. The predicted octanol–water partition coefficient (Wildman–Crippen LogP) is 2.44. The van der Waals surface area contributed by atoms with Crippen molar-refractivity contribution in [3.8, 4) is 0 Å². The van der Waals surface area contributed by atoms with Crippen LogP contribution in [0.2, 0.25) is 0 Å². The van der Waals surface area contributed by atoms with Gasteiger partial charge in [0.2, 0.25) is 0 Å². The Morgan fingerprint density at radius 3 is 2.61 bits per heavy atom. The van der Waals surface area contributed by atoms with E-state index in [2.05, 4.69) is 51.8 Å². The summed E-state index contributed by atoms with van der Waals surface area (Å²) >= 11 is 6.46. The van der Waals surface area contributed by atoms with Crippen molar-refractivity contribution in [1.29, 1.82) is 0 Å². The van der Waals surface area contributed by atoms with E-state index in [1.165, 1.54) is 6.07 Å². The molecule has 2 N–H and O–H groups in total. The van der Waals surface area contributed by atoms with E-state index in [1.54, 1.807) is 19.1 Å². The Morgan fingerprint density at radius 2 is 2.06 bits per heavy atom. The van der Waals surface area contributed by atoms with Crippen molar-refractivity contribution in [1.82, 2.24) is 15.2 Å². The monoisotopic (exact) mass is 394 g/mol. The van der Waals surface area contributed by atoms with Crippen LogP contribution < -0.4 is 4.72 Å². The number of hydrogen-bond donors (Lipinski definition) is 2. The molecule has 1 aromatic carbocycles. The highest BCUT2D eigenvalue weighted by molar-refractivity contribution is 9.11. The molecule has 0 saturated heterocycles. The molecule has 6 nitrogen and oxygen atoms in total. The second kappa shape index (κ2) is 4.98. The fourth-order valence-corrected chi connectivity index (χ4v) is 3.95. The molecule has 0 aliphatic rings. The molecule has 0 bridgehead atoms. The van der Waals surface area contributed by atoms with E-state index in [-0.39, 0.29) is 10.8 Å². The minimum absolute atomic E-state index is 0.0160. The summed E-state index contributed by atoms with van der Waals surface area (Å²) in [4.78, 5) is 4.01. The Kier molecular flexibility index (Phi) is 3.74. The summed E-state index contributed by atoms with van der Waals surface area (Å²) in [6.07, 6.45) is 0. The number of aryl methyl sites for hydroxylation is 1. The minimum Gasteiger partial charge on any atom is -0.261 e. The maximum atomic E-state index is 12.1. The SMILES string of the molecule is Cc1nc(NS(=O)(=O)c2ccc(Br)cc2Br)n[nH]1. The zero-order chi connectivity index (χ0) is 13.3. The Morgan fingerprint density at radius 1 is 1.33 bits per heavy atom. The number of hydrogen-bond acceptors (Lipinski definition) is 4. The number of anilines is 1. The smallest absolute Gasteiger partial charge is 0.261 e. The number of nitrogens with zero attached hydrogens (tertiary/aromatic N) is 2. The molecule has 0 unspecified atom stereocenters. The molecular weight excluding hydrogens is 388 g/mol. The Bertz CT molecular complexity index is 684. The Balaban J connectivity index is 2.36. The van der Waals surface area contributed by atoms with E-state index in [9.17, 15) is 8.42 Å². The average Bonchev–Trinajstić information content (AvgIpc) is 2.62. The van der Waals surface area contributed by atoms with Crippen LogP contribution in [0, 0.1) is 6.92 Å². The fourth-order valence-electron chi connectivity index (χ4n) is 1.26. The highest BCUT2D eigenvalue weighted by atomic mass is 79.9. The first-order valence-electron chi connectivity index (χ1n) is 4.75. The van der Waals surface area contributed by atoms with Crippen molar-refractivity contribution in [3.63, 3.8) is 0 Å². The summed E-state index contributed by atoms with van der Waals surface area (Å²) < 4.78 is 27.7. The van der Waals surface area contributed by atoms with Gasteiger partial charge in [0.25, 0.3) is 16.0 Å². The standard InChI is InChI=1S/C9H8Br2N4O2S/c1-5-12-9(14-13-5)15-18(16,17)8-3-2-6(10)4-7(8)11/h2-4H,1H3,(H2,12,13,14,15). The van der Waals surface area contributed by atoms with Crippen molar-refractivity contribution >= 4 is 47.8 Å². The van der Waals surface area contributed by atoms with E-state index in [0.717, 1.165) is 4.47 Å². The molecular formula is C9H8Br2N4O2S. The maximum Gasteiger partial charge on any atom is 0.265 e. The van der Waals surface area contributed by atoms with Crippen LogP contribution in [-0.4, -0.2) is 23.6 Å². The van der Waals surface area contributed by atoms with Gasteiger partial charge < -0.3 is 0 Å². The van der Waals surface area contributed by atoms with E-state index in [1.807, 2.05) is 0 Å². The molecule has 9 heteroatoms. The van der Waals surface area contributed by atoms with Gasteiger partial charge in [-0.3, -0.25) is 5.10 Å². The third-order valence-corrected chi connectivity index (χ3v) is 4.80. The topological polar surface area (TPSA) is 87.7 Å². The number of sulfonamides is 1. The number of aromatic nitrogens is 3. The van der Waals surface area contributed by atoms with Crippen LogP contribution in [0.15, 0.2) is 32.0 Å². The predicted molar refractivity (Wildman–Crippen MR) is 73.8 cm³/mol. The number of nitrogens with one attached hydrogen (secondary N) is 2. The van der Waals surface area contributed by atoms with Crippen LogP contribution in [0.5, 0.6) is 0 Å². The van der Waals surface area contributed by atoms with Crippen molar-refractivity contribution in [3.05, 3.63) is 33.0 Å². The lowest BCUT2D eigenvalue weighted by Gasteiger charge is -2.06. The van der Waals surface area contributed by atoms with Gasteiger partial charge in [0.05, 0.1) is 0 Å². The summed E-state index contributed by atoms with van der Waals surface area (Å²) in [6.45, 7) is 1.68. The van der Waals surface area contributed by atoms with Crippen molar-refractivity contribution in [2.24, 2.45) is 0 Å². The van der Waals surface area contributed by atoms with Gasteiger partial charge in [-0.05, 0) is 41.1 Å². The Labute approximate surface area is 121 Å². The Hall–Kier alpha value is -0.930. The van der Waals surface area contributed by atoms with Gasteiger partial charge in [0.15, 0.2) is 0 Å². The van der Waals surface area contributed by atoms with Crippen LogP contribution in [-0.2, 0) is 10.0 Å². The van der Waals surface area contributed by atoms with Crippen molar-refractivity contribution in [2.45, 2.75) is 11.8 Å². The van der Waals surface area contributed by atoms with Gasteiger partial charge in [-0.1, -0.05) is 15.9 Å². The molecule has 0 fully saturated rings. The number of halogens is 2. The van der Waals surface area contributed by atoms with E-state index in [0.29, 0.717) is 10.3 Å². The molecule has 0 radical (unpaired) electrons. The average molecular weight is 396 g/mol. The number of H-pyrrole nitrogens is 1. The third kappa shape index (κ3) is 2.90. The second-order valence-corrected chi connectivity index (χ2v) is 6.85. The molecule has 2 rings (SSSR count). The van der Waals surface area contributed by atoms with Gasteiger partial charge in [-0.25, -0.2) is 13.1 Å². The summed E-state index contributed by atoms with van der Waals surface area (Å²) in [5.41, 5.74) is 0. The molecule has 0 spiro atoms. The molecule has 96 valence electrons. The van der Waals surface area contributed by atoms with Gasteiger partial charge >= 0.3 is 0 Å². The summed E-state index contributed by atoms with van der Waals surface area (Å²) in [6, 6.07) is 4.77. The van der Waals surface area contributed by atoms with Crippen LogP contribution >= 0.6 is 31.9 Å². The number of benzene rings is 1. The summed E-state index contributed by atoms with van der Waals surface area (Å²) in [5, 5.41) is 6.28. The van der Waals surface area contributed by atoms with Gasteiger partial charge in [-0.2, -0.15) is 4.98 Å². The number of aromatic amines is 1. The number of rotatable bonds is 3. The lowest BCUT2D eigenvalue weighted by molar-refractivity contribution is 0.600. The zero-order valence-corrected chi connectivity index (χ0v) is 13.1. The molecule has 1 aromatic heterocycles. The molecule has 18 heavy (non-hydrogen) atoms. The van der Waals surface area contributed by atoms with E-state index < -0.39 is 10.0 Å². The zero-order valence-electron chi connectivity index (χ0n) is 9.11. The van der Waals surface area contributed by atoms with E-state index in [4.69, 9.17) is 0 Å². The molecule has 0 amide bonds. The van der Waals surface area contributed by atoms with Crippen LogP contribution in [0.3, 0.4) is 0 Å². The van der Waals surface area contributed by atoms with Gasteiger partial charge in [-0.15, -0.1) is 5.10 Å². The first-order valence-corrected chi connectivity index (χ1v) is 7.82. The third-order valence-electron chi connectivity index (χ3n) is 2.01. The molecule has 0 aliphatic heterocycles. The summed E-state index contributed by atoms with van der Waals surface area (Å²) in [7, 11) is -3.71. The van der Waals surface area contributed by atoms with Gasteiger partial charge in [0, 0.05) is 8.95 Å². The molecule has 2 aromatic rings. The molecule has 1 heterocycles. The van der Waals surface area contributed by atoms with Crippen LogP contribution in [0.4, 0.5) is 5.95 Å². The van der Waals surface area contributed by atoms with E-state index >= 15 is 0 Å². The largest absolute Gasteiger partial charge is 0.265 e. The maximum absolute atomic E-state index is 12.1. The normalized spacial score (nSPS) is 11.5. The van der Waals surface area contributed by atoms with Gasteiger partial charge in [0.1, 0.15) is 10.7 Å². The van der Waals surface area contributed by atoms with Crippen molar-refractivity contribution < 1.29 is 8.42 Å². The lowest BCUT2D eigenvalue weighted by Crippen LogP contribution is -2.14. The molecule has 0 saturated carbocycles. The summed E-state index contributed by atoms with van der Waals surface area (Å²) in [5.74, 6) is 0.546. The minimum atomic E-state index is -3.71. The first-order chi connectivity index (χ1) is 8.38. The van der Waals surface area contributed by atoms with Crippen LogP contribution in [0.1, 0.15) is 5.82 Å². The highest BCUT2D eigenvalue weighted by Crippen LogP contribution is 2.26.